The van der Waals surface area contributed by atoms with Crippen LogP contribution in [0.15, 0.2) is 60.1 Å². The van der Waals surface area contributed by atoms with Crippen molar-refractivity contribution in [3.8, 4) is 5.75 Å². The van der Waals surface area contributed by atoms with Crippen molar-refractivity contribution < 1.29 is 19.1 Å². The van der Waals surface area contributed by atoms with Gasteiger partial charge in [0.25, 0.3) is 5.91 Å². The van der Waals surface area contributed by atoms with Crippen LogP contribution in [-0.2, 0) is 11.3 Å². The van der Waals surface area contributed by atoms with E-state index in [1.54, 1.807) is 30.3 Å². The quantitative estimate of drug-likeness (QED) is 0.469. The van der Waals surface area contributed by atoms with Crippen molar-refractivity contribution in [2.75, 3.05) is 13.7 Å². The molecule has 6 nitrogen and oxygen atoms in total. The number of aromatic nitrogens is 1. The van der Waals surface area contributed by atoms with E-state index in [1.807, 2.05) is 29.7 Å². The number of benzene rings is 2. The van der Waals surface area contributed by atoms with Crippen molar-refractivity contribution in [3.63, 3.8) is 0 Å². The van der Waals surface area contributed by atoms with Crippen molar-refractivity contribution >= 4 is 33.4 Å². The first-order valence-corrected chi connectivity index (χ1v) is 9.54. The van der Waals surface area contributed by atoms with Gasteiger partial charge in [0.15, 0.2) is 4.80 Å². The van der Waals surface area contributed by atoms with Gasteiger partial charge in [-0.25, -0.2) is 4.79 Å². The topological polar surface area (TPSA) is 69.9 Å². The highest BCUT2D eigenvalue weighted by molar-refractivity contribution is 7.16. The number of rotatable bonds is 6. The lowest BCUT2D eigenvalue weighted by atomic mass is 10.1. The fourth-order valence-electron chi connectivity index (χ4n) is 2.81. The van der Waals surface area contributed by atoms with Crippen LogP contribution in [-0.4, -0.2) is 30.2 Å². The molecule has 0 aliphatic heterocycles. The number of methoxy groups -OCH3 is 1. The molecule has 1 heterocycles. The molecule has 1 amide bonds. The maximum absolute atomic E-state index is 12.8. The summed E-state index contributed by atoms with van der Waals surface area (Å²) in [4.78, 5) is 29.6. The van der Waals surface area contributed by atoms with Crippen LogP contribution in [0.3, 0.4) is 0 Å². The molecule has 0 saturated carbocycles. The summed E-state index contributed by atoms with van der Waals surface area (Å²) in [5, 5.41) is 0. The first-order valence-electron chi connectivity index (χ1n) is 8.72. The first-order chi connectivity index (χ1) is 13.6. The summed E-state index contributed by atoms with van der Waals surface area (Å²) < 4.78 is 13.2. The van der Waals surface area contributed by atoms with Gasteiger partial charge in [0, 0.05) is 6.54 Å². The Labute approximate surface area is 166 Å². The van der Waals surface area contributed by atoms with Crippen LogP contribution in [0.25, 0.3) is 10.2 Å². The van der Waals surface area contributed by atoms with Gasteiger partial charge in [-0.2, -0.15) is 4.99 Å². The van der Waals surface area contributed by atoms with Gasteiger partial charge >= 0.3 is 5.97 Å². The predicted molar refractivity (Wildman–Crippen MR) is 109 cm³/mol. The van der Waals surface area contributed by atoms with E-state index in [1.165, 1.54) is 18.4 Å². The van der Waals surface area contributed by atoms with Gasteiger partial charge in [-0.3, -0.25) is 4.79 Å². The number of carbonyl (C=O) groups is 2. The number of hydrogen-bond donors (Lipinski definition) is 0. The molecule has 7 heteroatoms. The molecule has 0 aliphatic rings. The SMILES string of the molecule is C=CCn1c(=NC(=O)c2ccccc2C(=O)OC)sc2cc(OCC)ccc21. The Balaban J connectivity index is 2.13. The van der Waals surface area contributed by atoms with Crippen molar-refractivity contribution in [1.29, 1.82) is 0 Å². The average molecular weight is 396 g/mol. The molecule has 3 rings (SSSR count). The van der Waals surface area contributed by atoms with Crippen LogP contribution in [0.2, 0.25) is 0 Å². The minimum absolute atomic E-state index is 0.189. The van der Waals surface area contributed by atoms with Crippen molar-refractivity contribution in [2.24, 2.45) is 4.99 Å². The van der Waals surface area contributed by atoms with E-state index in [0.717, 1.165) is 16.0 Å². The summed E-state index contributed by atoms with van der Waals surface area (Å²) in [6, 6.07) is 12.2. The molecule has 144 valence electrons. The number of thiazole rings is 1. The highest BCUT2D eigenvalue weighted by atomic mass is 32.1. The molecule has 3 aromatic rings. The van der Waals surface area contributed by atoms with Gasteiger partial charge in [0.05, 0.1) is 35.1 Å². The zero-order chi connectivity index (χ0) is 20.1. The molecule has 28 heavy (non-hydrogen) atoms. The molecular formula is C21H20N2O4S. The third kappa shape index (κ3) is 3.89. The van der Waals surface area contributed by atoms with E-state index >= 15 is 0 Å². The van der Waals surface area contributed by atoms with Crippen LogP contribution < -0.4 is 9.54 Å². The molecule has 0 unspecified atom stereocenters. The maximum atomic E-state index is 12.8. The van der Waals surface area contributed by atoms with Gasteiger partial charge in [0.1, 0.15) is 5.75 Å². The minimum atomic E-state index is -0.573. The number of nitrogens with zero attached hydrogens (tertiary/aromatic N) is 2. The fourth-order valence-corrected chi connectivity index (χ4v) is 3.87. The predicted octanol–water partition coefficient (Wildman–Crippen LogP) is 3.82. The van der Waals surface area contributed by atoms with Crippen molar-refractivity contribution in [2.45, 2.75) is 13.5 Å². The van der Waals surface area contributed by atoms with E-state index in [9.17, 15) is 9.59 Å². The second-order valence-electron chi connectivity index (χ2n) is 5.80. The summed E-state index contributed by atoms with van der Waals surface area (Å²) in [5.74, 6) is -0.317. The van der Waals surface area contributed by atoms with E-state index < -0.39 is 11.9 Å². The van der Waals surface area contributed by atoms with E-state index in [4.69, 9.17) is 9.47 Å². The van der Waals surface area contributed by atoms with Gasteiger partial charge in [-0.05, 0) is 37.3 Å². The molecule has 1 aromatic heterocycles. The zero-order valence-electron chi connectivity index (χ0n) is 15.7. The molecule has 0 N–H and O–H groups in total. The third-order valence-corrected chi connectivity index (χ3v) is 5.08. The second kappa shape index (κ2) is 8.67. The van der Waals surface area contributed by atoms with Crippen LogP contribution >= 0.6 is 11.3 Å². The number of fused-ring (bicyclic) bond motifs is 1. The van der Waals surface area contributed by atoms with Crippen LogP contribution in [0.5, 0.6) is 5.75 Å². The molecule has 0 radical (unpaired) electrons. The lowest BCUT2D eigenvalue weighted by molar-refractivity contribution is 0.0597. The molecule has 0 aliphatic carbocycles. The Kier molecular flexibility index (Phi) is 6.06. The second-order valence-corrected chi connectivity index (χ2v) is 6.81. The molecule has 0 atom stereocenters. The average Bonchev–Trinajstić information content (AvgIpc) is 3.04. The third-order valence-electron chi connectivity index (χ3n) is 4.04. The monoisotopic (exact) mass is 396 g/mol. The van der Waals surface area contributed by atoms with E-state index in [-0.39, 0.29) is 11.1 Å². The Bertz CT molecular complexity index is 1110. The normalized spacial score (nSPS) is 11.4. The maximum Gasteiger partial charge on any atom is 0.338 e. The number of allylic oxidation sites excluding steroid dienone is 1. The highest BCUT2D eigenvalue weighted by Gasteiger charge is 2.17. The minimum Gasteiger partial charge on any atom is -0.494 e. The molecule has 0 bridgehead atoms. The van der Waals surface area contributed by atoms with Gasteiger partial charge < -0.3 is 14.0 Å². The number of esters is 1. The van der Waals surface area contributed by atoms with Crippen LogP contribution in [0.1, 0.15) is 27.6 Å². The summed E-state index contributed by atoms with van der Waals surface area (Å²) in [6.45, 7) is 6.78. The Morgan fingerprint density at radius 3 is 2.64 bits per heavy atom. The largest absolute Gasteiger partial charge is 0.494 e. The molecule has 2 aromatic carbocycles. The smallest absolute Gasteiger partial charge is 0.338 e. The molecule has 0 spiro atoms. The van der Waals surface area contributed by atoms with Gasteiger partial charge in [0.2, 0.25) is 0 Å². The summed E-state index contributed by atoms with van der Waals surface area (Å²) >= 11 is 1.38. The van der Waals surface area contributed by atoms with E-state index in [2.05, 4.69) is 11.6 Å². The lowest BCUT2D eigenvalue weighted by Crippen LogP contribution is -2.17. The summed E-state index contributed by atoms with van der Waals surface area (Å²) in [6.07, 6.45) is 1.74. The van der Waals surface area contributed by atoms with Crippen LogP contribution in [0, 0.1) is 0 Å². The molecule has 0 fully saturated rings. The Morgan fingerprint density at radius 2 is 1.96 bits per heavy atom. The van der Waals surface area contributed by atoms with E-state index in [0.29, 0.717) is 18.0 Å². The fraction of sp³-hybridized carbons (Fsp3) is 0.190. The van der Waals surface area contributed by atoms with Crippen molar-refractivity contribution in [1.82, 2.24) is 4.57 Å². The molecular weight excluding hydrogens is 376 g/mol. The molecule has 0 saturated heterocycles. The van der Waals surface area contributed by atoms with Crippen molar-refractivity contribution in [3.05, 3.63) is 71.0 Å². The highest BCUT2D eigenvalue weighted by Crippen LogP contribution is 2.23. The first kappa shape index (κ1) is 19.6. The number of amides is 1. The van der Waals surface area contributed by atoms with Gasteiger partial charge in [-0.1, -0.05) is 29.5 Å². The summed E-state index contributed by atoms with van der Waals surface area (Å²) in [7, 11) is 1.28. The summed E-state index contributed by atoms with van der Waals surface area (Å²) in [5.41, 5.74) is 1.32. The zero-order valence-corrected chi connectivity index (χ0v) is 16.5. The number of ether oxygens (including phenoxy) is 2. The number of hydrogen-bond acceptors (Lipinski definition) is 5. The van der Waals surface area contributed by atoms with Gasteiger partial charge in [-0.15, -0.1) is 6.58 Å². The standard InChI is InChI=1S/C21H20N2O4S/c1-4-12-23-17-11-10-14(27-5-2)13-18(17)28-21(23)22-19(24)15-8-6-7-9-16(15)20(25)26-3/h4,6-11,13H,1,5,12H2,2-3H3. The lowest BCUT2D eigenvalue weighted by Gasteiger charge is -2.05. The van der Waals surface area contributed by atoms with Crippen LogP contribution in [0.4, 0.5) is 0 Å². The number of carbonyl (C=O) groups excluding carboxylic acids is 2. The Hall–Kier alpha value is -3.19. The Morgan fingerprint density at radius 1 is 1.21 bits per heavy atom.